The van der Waals surface area contributed by atoms with E-state index in [1.807, 2.05) is 19.1 Å². The number of imide groups is 1. The molecule has 0 aliphatic carbocycles. The van der Waals surface area contributed by atoms with Crippen molar-refractivity contribution in [2.75, 3.05) is 10.6 Å². The van der Waals surface area contributed by atoms with Gasteiger partial charge >= 0.3 is 0 Å². The fourth-order valence-electron chi connectivity index (χ4n) is 2.45. The summed E-state index contributed by atoms with van der Waals surface area (Å²) in [5.41, 5.74) is 9.16. The highest BCUT2D eigenvalue weighted by atomic mass is 79.9. The molecule has 0 saturated heterocycles. The molecular formula is C16H13BrN2O2. The SMILES string of the molecule is Cc1cc(Br)c(N2C(=O)Cc3ccccc3C2=O)cc1N. The summed E-state index contributed by atoms with van der Waals surface area (Å²) in [7, 11) is 0. The Morgan fingerprint density at radius 3 is 2.67 bits per heavy atom. The van der Waals surface area contributed by atoms with Gasteiger partial charge in [0.25, 0.3) is 5.91 Å². The average Bonchev–Trinajstić information content (AvgIpc) is 2.44. The first-order valence-electron chi connectivity index (χ1n) is 6.50. The first-order valence-corrected chi connectivity index (χ1v) is 7.29. The number of fused-ring (bicyclic) bond motifs is 1. The number of nitrogens with zero attached hydrogens (tertiary/aromatic N) is 1. The monoisotopic (exact) mass is 344 g/mol. The highest BCUT2D eigenvalue weighted by Crippen LogP contribution is 2.34. The number of nitrogens with two attached hydrogens (primary N) is 1. The van der Waals surface area contributed by atoms with E-state index in [2.05, 4.69) is 15.9 Å². The third-order valence-electron chi connectivity index (χ3n) is 3.62. The van der Waals surface area contributed by atoms with Gasteiger partial charge in [-0.2, -0.15) is 0 Å². The van der Waals surface area contributed by atoms with Gasteiger partial charge in [-0.3, -0.25) is 9.59 Å². The third kappa shape index (κ3) is 2.23. The van der Waals surface area contributed by atoms with Crippen molar-refractivity contribution in [2.45, 2.75) is 13.3 Å². The zero-order valence-corrected chi connectivity index (χ0v) is 13.0. The molecule has 2 N–H and O–H groups in total. The fourth-order valence-corrected chi connectivity index (χ4v) is 3.09. The highest BCUT2D eigenvalue weighted by molar-refractivity contribution is 9.10. The van der Waals surface area contributed by atoms with E-state index in [4.69, 9.17) is 5.73 Å². The molecule has 0 atom stereocenters. The number of hydrogen-bond acceptors (Lipinski definition) is 3. The maximum absolute atomic E-state index is 12.6. The van der Waals surface area contributed by atoms with Crippen LogP contribution in [0.3, 0.4) is 0 Å². The van der Waals surface area contributed by atoms with Crippen molar-refractivity contribution in [2.24, 2.45) is 0 Å². The smallest absolute Gasteiger partial charge is 0.265 e. The number of amides is 2. The summed E-state index contributed by atoms with van der Waals surface area (Å²) in [5, 5.41) is 0. The Bertz CT molecular complexity index is 771. The predicted molar refractivity (Wildman–Crippen MR) is 85.3 cm³/mol. The van der Waals surface area contributed by atoms with Gasteiger partial charge in [-0.05, 0) is 52.2 Å². The molecule has 0 radical (unpaired) electrons. The van der Waals surface area contributed by atoms with Crippen molar-refractivity contribution in [3.05, 3.63) is 57.6 Å². The topological polar surface area (TPSA) is 63.4 Å². The maximum Gasteiger partial charge on any atom is 0.265 e. The molecule has 1 heterocycles. The molecule has 3 rings (SSSR count). The van der Waals surface area contributed by atoms with Crippen LogP contribution >= 0.6 is 15.9 Å². The summed E-state index contributed by atoms with van der Waals surface area (Å²) in [4.78, 5) is 26.2. The lowest BCUT2D eigenvalue weighted by Gasteiger charge is -2.28. The van der Waals surface area contributed by atoms with E-state index < -0.39 is 0 Å². The maximum atomic E-state index is 12.6. The molecule has 0 unspecified atom stereocenters. The molecule has 1 aliphatic heterocycles. The van der Waals surface area contributed by atoms with Crippen LogP contribution in [0.5, 0.6) is 0 Å². The quantitative estimate of drug-likeness (QED) is 0.638. The van der Waals surface area contributed by atoms with Crippen LogP contribution in [0, 0.1) is 6.92 Å². The number of anilines is 2. The van der Waals surface area contributed by atoms with Crippen molar-refractivity contribution in [1.29, 1.82) is 0 Å². The number of halogens is 1. The second-order valence-electron chi connectivity index (χ2n) is 5.03. The van der Waals surface area contributed by atoms with E-state index in [0.717, 1.165) is 11.1 Å². The minimum Gasteiger partial charge on any atom is -0.398 e. The van der Waals surface area contributed by atoms with Gasteiger partial charge in [0, 0.05) is 15.7 Å². The summed E-state index contributed by atoms with van der Waals surface area (Å²) in [6.07, 6.45) is 0.210. The van der Waals surface area contributed by atoms with Crippen LogP contribution < -0.4 is 10.6 Å². The largest absolute Gasteiger partial charge is 0.398 e. The second kappa shape index (κ2) is 5.00. The van der Waals surface area contributed by atoms with Gasteiger partial charge in [0.05, 0.1) is 12.1 Å². The van der Waals surface area contributed by atoms with Crippen LogP contribution in [-0.2, 0) is 11.2 Å². The lowest BCUT2D eigenvalue weighted by molar-refractivity contribution is -0.117. The number of benzene rings is 2. The molecule has 2 amide bonds. The summed E-state index contributed by atoms with van der Waals surface area (Å²) in [6, 6.07) is 10.6. The van der Waals surface area contributed by atoms with Crippen molar-refractivity contribution >= 4 is 39.1 Å². The van der Waals surface area contributed by atoms with Crippen LogP contribution in [0.25, 0.3) is 0 Å². The molecule has 1 aliphatic rings. The average molecular weight is 345 g/mol. The van der Waals surface area contributed by atoms with Gasteiger partial charge in [-0.25, -0.2) is 4.90 Å². The van der Waals surface area contributed by atoms with Gasteiger partial charge < -0.3 is 5.73 Å². The predicted octanol–water partition coefficient (Wildman–Crippen LogP) is 3.07. The number of carbonyl (C=O) groups is 2. The first kappa shape index (κ1) is 13.8. The Morgan fingerprint density at radius 1 is 1.19 bits per heavy atom. The van der Waals surface area contributed by atoms with Crippen molar-refractivity contribution in [1.82, 2.24) is 0 Å². The molecule has 21 heavy (non-hydrogen) atoms. The molecule has 106 valence electrons. The van der Waals surface area contributed by atoms with Crippen molar-refractivity contribution in [3.8, 4) is 0 Å². The highest BCUT2D eigenvalue weighted by Gasteiger charge is 2.33. The standard InChI is InChI=1S/C16H13BrN2O2/c1-9-6-12(17)14(8-13(9)18)19-15(20)7-10-4-2-3-5-11(10)16(19)21/h2-6,8H,7,18H2,1H3. The van der Waals surface area contributed by atoms with Crippen LogP contribution in [0.15, 0.2) is 40.9 Å². The number of nitrogen functional groups attached to an aromatic ring is 1. The number of aryl methyl sites for hydroxylation is 1. The van der Waals surface area contributed by atoms with Crippen LogP contribution in [-0.4, -0.2) is 11.8 Å². The Kier molecular flexibility index (Phi) is 3.29. The molecule has 0 spiro atoms. The molecule has 0 saturated carbocycles. The summed E-state index contributed by atoms with van der Waals surface area (Å²) >= 11 is 3.41. The first-order chi connectivity index (χ1) is 9.99. The molecule has 2 aromatic rings. The number of carbonyl (C=O) groups excluding carboxylic acids is 2. The van der Waals surface area contributed by atoms with Crippen LogP contribution in [0.2, 0.25) is 0 Å². The molecule has 4 nitrogen and oxygen atoms in total. The lowest BCUT2D eigenvalue weighted by Crippen LogP contribution is -2.42. The molecule has 0 aromatic heterocycles. The summed E-state index contributed by atoms with van der Waals surface area (Å²) in [6.45, 7) is 1.87. The van der Waals surface area contributed by atoms with E-state index in [0.29, 0.717) is 21.4 Å². The molecule has 0 fully saturated rings. The Hall–Kier alpha value is -2.14. The molecule has 2 aromatic carbocycles. The van der Waals surface area contributed by atoms with Gasteiger partial charge in [0.1, 0.15) is 0 Å². The minimum absolute atomic E-state index is 0.210. The molecule has 0 bridgehead atoms. The van der Waals surface area contributed by atoms with Gasteiger partial charge in [0.15, 0.2) is 0 Å². The van der Waals surface area contributed by atoms with E-state index in [9.17, 15) is 9.59 Å². The van der Waals surface area contributed by atoms with E-state index in [1.54, 1.807) is 24.3 Å². The van der Waals surface area contributed by atoms with Crippen molar-refractivity contribution < 1.29 is 9.59 Å². The van der Waals surface area contributed by atoms with Gasteiger partial charge in [-0.1, -0.05) is 18.2 Å². The summed E-state index contributed by atoms with van der Waals surface area (Å²) in [5.74, 6) is -0.562. The van der Waals surface area contributed by atoms with Crippen LogP contribution in [0.4, 0.5) is 11.4 Å². The number of rotatable bonds is 1. The zero-order chi connectivity index (χ0) is 15.1. The molecule has 5 heteroatoms. The lowest BCUT2D eigenvalue weighted by atomic mass is 9.98. The molecular weight excluding hydrogens is 332 g/mol. The van der Waals surface area contributed by atoms with Gasteiger partial charge in [-0.15, -0.1) is 0 Å². The Balaban J connectivity index is 2.14. The minimum atomic E-state index is -0.314. The third-order valence-corrected chi connectivity index (χ3v) is 4.25. The Morgan fingerprint density at radius 2 is 1.90 bits per heavy atom. The van der Waals surface area contributed by atoms with E-state index in [1.165, 1.54) is 4.90 Å². The van der Waals surface area contributed by atoms with E-state index in [-0.39, 0.29) is 18.2 Å². The summed E-state index contributed by atoms with van der Waals surface area (Å²) < 4.78 is 0.676. The van der Waals surface area contributed by atoms with Crippen LogP contribution in [0.1, 0.15) is 21.5 Å². The number of hydrogen-bond donors (Lipinski definition) is 1. The zero-order valence-electron chi connectivity index (χ0n) is 11.4. The second-order valence-corrected chi connectivity index (χ2v) is 5.88. The van der Waals surface area contributed by atoms with Crippen molar-refractivity contribution in [3.63, 3.8) is 0 Å². The van der Waals surface area contributed by atoms with E-state index >= 15 is 0 Å². The van der Waals surface area contributed by atoms with Gasteiger partial charge in [0.2, 0.25) is 5.91 Å². The normalized spacial score (nSPS) is 14.3. The fraction of sp³-hybridized carbons (Fsp3) is 0.125. The Labute approximate surface area is 130 Å².